The zero-order valence-corrected chi connectivity index (χ0v) is 24.5. The summed E-state index contributed by atoms with van der Waals surface area (Å²) < 4.78 is 127. The van der Waals surface area contributed by atoms with Crippen molar-refractivity contribution in [2.45, 2.75) is 30.8 Å². The molecule has 0 fully saturated rings. The van der Waals surface area contributed by atoms with Crippen LogP contribution in [0.15, 0.2) is 70.1 Å². The van der Waals surface area contributed by atoms with Gasteiger partial charge >= 0.3 is 12.4 Å². The van der Waals surface area contributed by atoms with Crippen LogP contribution < -0.4 is 0 Å². The molecule has 3 aromatic carbocycles. The van der Waals surface area contributed by atoms with Crippen LogP contribution in [0.25, 0.3) is 39.4 Å². The maximum atomic E-state index is 15.0. The van der Waals surface area contributed by atoms with Crippen LogP contribution >= 0.6 is 11.6 Å². The van der Waals surface area contributed by atoms with Crippen LogP contribution in [-0.2, 0) is 28.8 Å². The Balaban J connectivity index is 1.78. The molecule has 16 heteroatoms. The summed E-state index contributed by atoms with van der Waals surface area (Å²) in [4.78, 5) is 3.79. The van der Waals surface area contributed by atoms with Gasteiger partial charge in [0.2, 0.25) is 0 Å². The highest BCUT2D eigenvalue weighted by Crippen LogP contribution is 2.41. The number of oxazole rings is 1. The Kier molecular flexibility index (Phi) is 8.08. The minimum absolute atomic E-state index is 0.00318. The number of sulfone groups is 1. The van der Waals surface area contributed by atoms with E-state index in [-0.39, 0.29) is 45.3 Å². The van der Waals surface area contributed by atoms with E-state index >= 15 is 0 Å². The third-order valence-electron chi connectivity index (χ3n) is 6.69. The first-order chi connectivity index (χ1) is 20.9. The highest BCUT2D eigenvalue weighted by atomic mass is 35.5. The first-order valence-corrected chi connectivity index (χ1v) is 14.9. The Morgan fingerprint density at radius 3 is 2.13 bits per heavy atom. The van der Waals surface area contributed by atoms with Crippen LogP contribution in [0.3, 0.4) is 0 Å². The molecule has 0 amide bonds. The van der Waals surface area contributed by atoms with Crippen LogP contribution in [0.4, 0.5) is 30.7 Å². The molecule has 5 rings (SSSR count). The van der Waals surface area contributed by atoms with Gasteiger partial charge in [0.05, 0.1) is 34.0 Å². The lowest BCUT2D eigenvalue weighted by molar-refractivity contribution is -0.141. The minimum Gasteiger partial charge on any atom is -0.440 e. The standard InChI is InChI=1S/C29H19ClF7N3O4S/c1-14-38-25(15-3-6-18(7-4-15)28(32,33)34)26(44-14)19-9-16(17-10-22(31)20(13-41)24(11-17)45(2,42)43)5-8-23(19)40-12-21(30)27(39-40)29(35,36)37/h3-12,41H,13H2,1-2H3. The summed E-state index contributed by atoms with van der Waals surface area (Å²) in [5, 5.41) is 12.4. The maximum Gasteiger partial charge on any atom is 0.436 e. The molecular weight excluding hydrogens is 655 g/mol. The molecule has 0 saturated carbocycles. The minimum atomic E-state index is -4.91. The Bertz CT molecular complexity index is 2030. The summed E-state index contributed by atoms with van der Waals surface area (Å²) in [6, 6.07) is 9.99. The van der Waals surface area contributed by atoms with E-state index in [0.29, 0.717) is 0 Å². The molecule has 7 nitrogen and oxygen atoms in total. The zero-order chi connectivity index (χ0) is 33.1. The van der Waals surface area contributed by atoms with E-state index in [1.54, 1.807) is 0 Å². The number of aromatic nitrogens is 3. The first-order valence-electron chi connectivity index (χ1n) is 12.6. The lowest BCUT2D eigenvalue weighted by Crippen LogP contribution is -2.08. The van der Waals surface area contributed by atoms with Crippen molar-refractivity contribution in [3.8, 4) is 39.4 Å². The van der Waals surface area contributed by atoms with E-state index in [4.69, 9.17) is 16.0 Å². The van der Waals surface area contributed by atoms with Gasteiger partial charge in [-0.15, -0.1) is 0 Å². The van der Waals surface area contributed by atoms with Crippen molar-refractivity contribution in [2.24, 2.45) is 0 Å². The molecule has 5 aromatic rings. The second-order valence-electron chi connectivity index (χ2n) is 9.85. The molecule has 0 unspecified atom stereocenters. The lowest BCUT2D eigenvalue weighted by Gasteiger charge is -2.14. The van der Waals surface area contributed by atoms with E-state index in [1.165, 1.54) is 25.1 Å². The fourth-order valence-corrected chi connectivity index (χ4v) is 5.84. The molecule has 2 aromatic heterocycles. The van der Waals surface area contributed by atoms with E-state index < -0.39 is 61.4 Å². The third kappa shape index (κ3) is 6.32. The number of aliphatic hydroxyl groups is 1. The van der Waals surface area contributed by atoms with Crippen LogP contribution in [-0.4, -0.2) is 34.5 Å². The molecule has 236 valence electrons. The number of aryl methyl sites for hydroxylation is 1. The fourth-order valence-electron chi connectivity index (χ4n) is 4.65. The van der Waals surface area contributed by atoms with Gasteiger partial charge < -0.3 is 9.52 Å². The Labute approximate surface area is 255 Å². The molecule has 2 heterocycles. The summed E-state index contributed by atoms with van der Waals surface area (Å²) in [5.74, 6) is -1.08. The summed E-state index contributed by atoms with van der Waals surface area (Å²) in [5.41, 5.74) is -2.47. The van der Waals surface area contributed by atoms with Gasteiger partial charge in [0.25, 0.3) is 0 Å². The van der Waals surface area contributed by atoms with E-state index in [9.17, 15) is 44.3 Å². The Morgan fingerprint density at radius 1 is 0.933 bits per heavy atom. The molecule has 0 radical (unpaired) electrons. The number of benzene rings is 3. The van der Waals surface area contributed by atoms with Gasteiger partial charge in [-0.05, 0) is 47.5 Å². The highest BCUT2D eigenvalue weighted by Gasteiger charge is 2.37. The molecule has 1 N–H and O–H groups in total. The van der Waals surface area contributed by atoms with Crippen molar-refractivity contribution in [1.29, 1.82) is 0 Å². The molecule has 0 aliphatic rings. The topological polar surface area (TPSA) is 98.2 Å². The van der Waals surface area contributed by atoms with Crippen molar-refractivity contribution in [3.63, 3.8) is 0 Å². The number of hydrogen-bond donors (Lipinski definition) is 1. The van der Waals surface area contributed by atoms with Crippen molar-refractivity contribution >= 4 is 21.4 Å². The van der Waals surface area contributed by atoms with Crippen molar-refractivity contribution in [1.82, 2.24) is 14.8 Å². The number of halogens is 8. The number of aliphatic hydroxyl groups excluding tert-OH is 1. The number of alkyl halides is 6. The summed E-state index contributed by atoms with van der Waals surface area (Å²) in [6.07, 6.45) is -7.82. The Hall–Kier alpha value is -4.21. The van der Waals surface area contributed by atoms with Gasteiger partial charge in [-0.2, -0.15) is 31.4 Å². The first kappa shape index (κ1) is 32.2. The fraction of sp³-hybridized carbons (Fsp3) is 0.172. The average Bonchev–Trinajstić information content (AvgIpc) is 3.54. The van der Waals surface area contributed by atoms with Crippen LogP contribution in [0.2, 0.25) is 5.02 Å². The van der Waals surface area contributed by atoms with E-state index in [1.807, 2.05) is 0 Å². The van der Waals surface area contributed by atoms with Crippen LogP contribution in [0.1, 0.15) is 22.7 Å². The number of rotatable bonds is 6. The van der Waals surface area contributed by atoms with Gasteiger partial charge in [-0.1, -0.05) is 29.8 Å². The lowest BCUT2D eigenvalue weighted by atomic mass is 9.97. The quantitative estimate of drug-likeness (QED) is 0.184. The molecule has 0 atom stereocenters. The SMILES string of the molecule is Cc1nc(-c2ccc(C(F)(F)F)cc2)c(-c2cc(-c3cc(F)c(CO)c(S(C)(=O)=O)c3)ccc2-n2cc(Cl)c(C(F)(F)F)n2)o1. The predicted molar refractivity (Wildman–Crippen MR) is 149 cm³/mol. The summed E-state index contributed by atoms with van der Waals surface area (Å²) >= 11 is 5.84. The van der Waals surface area contributed by atoms with Gasteiger partial charge in [0.15, 0.2) is 27.2 Å². The largest absolute Gasteiger partial charge is 0.440 e. The molecule has 0 aliphatic heterocycles. The van der Waals surface area contributed by atoms with Crippen LogP contribution in [0, 0.1) is 12.7 Å². The highest BCUT2D eigenvalue weighted by molar-refractivity contribution is 7.90. The third-order valence-corrected chi connectivity index (χ3v) is 8.13. The van der Waals surface area contributed by atoms with Gasteiger partial charge in [0.1, 0.15) is 11.5 Å². The van der Waals surface area contributed by atoms with Crippen molar-refractivity contribution in [3.05, 3.63) is 94.3 Å². The maximum absolute atomic E-state index is 15.0. The number of hydrogen-bond acceptors (Lipinski definition) is 6. The zero-order valence-electron chi connectivity index (χ0n) is 22.9. The average molecular weight is 674 g/mol. The second kappa shape index (κ2) is 11.3. The van der Waals surface area contributed by atoms with Crippen LogP contribution in [0.5, 0.6) is 0 Å². The molecule has 0 spiro atoms. The monoisotopic (exact) mass is 673 g/mol. The van der Waals surface area contributed by atoms with Gasteiger partial charge in [-0.25, -0.2) is 22.5 Å². The molecule has 45 heavy (non-hydrogen) atoms. The van der Waals surface area contributed by atoms with Gasteiger partial charge in [0, 0.05) is 29.9 Å². The van der Waals surface area contributed by atoms with Gasteiger partial charge in [-0.3, -0.25) is 0 Å². The summed E-state index contributed by atoms with van der Waals surface area (Å²) in [6.45, 7) is 0.530. The second-order valence-corrected chi connectivity index (χ2v) is 12.2. The number of nitrogens with zero attached hydrogens (tertiary/aromatic N) is 3. The van der Waals surface area contributed by atoms with E-state index in [2.05, 4.69) is 10.1 Å². The molecular formula is C29H19ClF7N3O4S. The normalized spacial score (nSPS) is 12.6. The summed E-state index contributed by atoms with van der Waals surface area (Å²) in [7, 11) is -4.03. The van der Waals surface area contributed by atoms with Crippen molar-refractivity contribution < 1.29 is 48.7 Å². The van der Waals surface area contributed by atoms with Crippen molar-refractivity contribution in [2.75, 3.05) is 6.26 Å². The smallest absolute Gasteiger partial charge is 0.436 e. The van der Waals surface area contributed by atoms with E-state index in [0.717, 1.165) is 53.5 Å². The molecule has 0 aliphatic carbocycles. The molecule has 0 bridgehead atoms. The molecule has 0 saturated heterocycles. The predicted octanol–water partition coefficient (Wildman–Crippen LogP) is 7.90. The Morgan fingerprint density at radius 2 is 1.58 bits per heavy atom.